The summed E-state index contributed by atoms with van der Waals surface area (Å²) in [5.41, 5.74) is -3.53. The van der Waals surface area contributed by atoms with Crippen molar-refractivity contribution < 1.29 is 59.7 Å². The van der Waals surface area contributed by atoms with Gasteiger partial charge in [0.25, 0.3) is 5.91 Å². The molecule has 16 nitrogen and oxygen atoms in total. The molecule has 7 rings (SSSR count). The zero-order valence-electron chi connectivity index (χ0n) is 38.9. The van der Waals surface area contributed by atoms with Crippen LogP contribution < -0.4 is 29.6 Å². The van der Waals surface area contributed by atoms with Gasteiger partial charge in [-0.1, -0.05) is 26.0 Å². The molecule has 0 unspecified atom stereocenters. The van der Waals surface area contributed by atoms with E-state index in [1.807, 2.05) is 26.8 Å². The maximum atomic E-state index is 15.0. The first-order chi connectivity index (χ1) is 31.3. The third kappa shape index (κ3) is 10.6. The summed E-state index contributed by atoms with van der Waals surface area (Å²) in [4.78, 5) is 68.0. The van der Waals surface area contributed by atoms with Crippen LogP contribution in [0.4, 0.5) is 18.0 Å². The smallest absolute Gasteiger partial charge is 0.427 e. The van der Waals surface area contributed by atoms with Gasteiger partial charge in [0, 0.05) is 24.0 Å². The van der Waals surface area contributed by atoms with Gasteiger partial charge in [-0.05, 0) is 121 Å². The number of fused-ring (bicyclic) bond motifs is 3. The van der Waals surface area contributed by atoms with E-state index >= 15 is 4.79 Å². The number of ether oxygens (including phenoxy) is 4. The monoisotopic (exact) mass is 956 g/mol. The van der Waals surface area contributed by atoms with Crippen LogP contribution >= 0.6 is 0 Å². The van der Waals surface area contributed by atoms with Gasteiger partial charge in [0.05, 0.1) is 35.4 Å². The number of hydrogen-bond donors (Lipinski definition) is 3. The average molecular weight is 957 g/mol. The second kappa shape index (κ2) is 18.4. The van der Waals surface area contributed by atoms with Crippen molar-refractivity contribution in [1.29, 1.82) is 0 Å². The zero-order valence-corrected chi connectivity index (χ0v) is 39.7. The lowest BCUT2D eigenvalue weighted by molar-refractivity contribution is -0.244. The Hall–Kier alpha value is -5.66. The van der Waals surface area contributed by atoms with E-state index in [4.69, 9.17) is 28.9 Å². The van der Waals surface area contributed by atoms with Crippen LogP contribution in [0.15, 0.2) is 54.6 Å². The van der Waals surface area contributed by atoms with Crippen molar-refractivity contribution in [3.05, 3.63) is 54.6 Å². The predicted molar refractivity (Wildman–Crippen MR) is 240 cm³/mol. The maximum Gasteiger partial charge on any atom is 0.427 e. The van der Waals surface area contributed by atoms with Gasteiger partial charge in [0.15, 0.2) is 5.82 Å². The van der Waals surface area contributed by atoms with Crippen molar-refractivity contribution in [2.75, 3.05) is 13.7 Å². The number of alkyl carbamates (subject to hydrolysis) is 1. The fourth-order valence-corrected chi connectivity index (χ4v) is 9.89. The Morgan fingerprint density at radius 3 is 2.33 bits per heavy atom. The molecule has 0 spiro atoms. The molecule has 1 saturated heterocycles. The molecule has 1 aromatic heterocycles. The van der Waals surface area contributed by atoms with Crippen molar-refractivity contribution >= 4 is 44.7 Å². The summed E-state index contributed by atoms with van der Waals surface area (Å²) in [6.07, 6.45) is -1.72. The zero-order chi connectivity index (χ0) is 48.9. The lowest BCUT2D eigenvalue weighted by atomic mass is 9.88. The molecule has 3 fully saturated rings. The summed E-state index contributed by atoms with van der Waals surface area (Å²) in [5.74, 6) is -2.34. The quantitative estimate of drug-likeness (QED) is 0.171. The lowest BCUT2D eigenvalue weighted by Gasteiger charge is -2.34. The second-order valence-electron chi connectivity index (χ2n) is 19.4. The Morgan fingerprint density at radius 2 is 1.69 bits per heavy atom. The van der Waals surface area contributed by atoms with Gasteiger partial charge in [-0.2, -0.15) is 18.2 Å². The number of hydrogen-bond acceptors (Lipinski definition) is 12. The largest absolute Gasteiger partial charge is 0.497 e. The summed E-state index contributed by atoms with van der Waals surface area (Å²) < 4.78 is 92.2. The number of nitrogens with zero attached hydrogens (tertiary/aromatic N) is 3. The molecule has 4 aliphatic rings. The van der Waals surface area contributed by atoms with Crippen molar-refractivity contribution in [2.45, 2.75) is 140 Å². The Labute approximate surface area is 388 Å². The first-order valence-electron chi connectivity index (χ1n) is 22.6. The molecule has 364 valence electrons. The molecule has 2 saturated carbocycles. The van der Waals surface area contributed by atoms with Crippen molar-refractivity contribution in [3.63, 3.8) is 0 Å². The van der Waals surface area contributed by atoms with Crippen molar-refractivity contribution in [3.8, 4) is 28.8 Å². The van der Waals surface area contributed by atoms with E-state index < -0.39 is 85.9 Å². The van der Waals surface area contributed by atoms with Crippen molar-refractivity contribution in [2.24, 2.45) is 17.8 Å². The van der Waals surface area contributed by atoms with Crippen LogP contribution in [-0.4, -0.2) is 107 Å². The number of aromatic nitrogens is 2. The van der Waals surface area contributed by atoms with Gasteiger partial charge in [-0.15, -0.1) is 0 Å². The van der Waals surface area contributed by atoms with Crippen LogP contribution in [0.2, 0.25) is 0 Å². The number of allylic oxidation sites excluding steroid dienone is 1. The van der Waals surface area contributed by atoms with E-state index in [9.17, 15) is 36.0 Å². The highest BCUT2D eigenvalue weighted by Crippen LogP contribution is 2.48. The number of methoxy groups -OCH3 is 1. The molecule has 2 aliphatic heterocycles. The molecule has 4 amide bonds. The van der Waals surface area contributed by atoms with Crippen molar-refractivity contribution in [1.82, 2.24) is 30.2 Å². The Morgan fingerprint density at radius 1 is 1.00 bits per heavy atom. The SMILES string of the molecule is COc1ccc2c(O[C@@H]3C[C@H]4C(=O)N[C@]5(C(=O)NS(=O)(=O)C6(C)CC6)C[C@H]5C=CCC[C@H](C)C[C@@H](C)[C@H](NC(=O)OC(C)(C)C(F)(F)F)C(=O)N4C3)nc(-c3ccc(OC(C)C)cc3)nc2c1. The van der Waals surface area contributed by atoms with E-state index in [2.05, 4.69) is 15.4 Å². The summed E-state index contributed by atoms with van der Waals surface area (Å²) in [6.45, 7) is 10.1. The number of halogens is 3. The number of carbonyl (C=O) groups is 4. The molecule has 2 aromatic carbocycles. The molecule has 3 N–H and O–H groups in total. The molecular weight excluding hydrogens is 898 g/mol. The van der Waals surface area contributed by atoms with Gasteiger partial charge in [-0.25, -0.2) is 18.2 Å². The Bertz CT molecular complexity index is 2530. The summed E-state index contributed by atoms with van der Waals surface area (Å²) in [5, 5.41) is 5.69. The third-order valence-electron chi connectivity index (χ3n) is 13.2. The summed E-state index contributed by atoms with van der Waals surface area (Å²) in [6, 6.07) is 9.37. The summed E-state index contributed by atoms with van der Waals surface area (Å²) >= 11 is 0. The number of rotatable bonds is 11. The van der Waals surface area contributed by atoms with Crippen LogP contribution in [0.25, 0.3) is 22.3 Å². The Balaban J connectivity index is 1.26. The first kappa shape index (κ1) is 49.3. The first-order valence-corrected chi connectivity index (χ1v) is 24.1. The minimum absolute atomic E-state index is 0.0599. The highest BCUT2D eigenvalue weighted by Gasteiger charge is 2.63. The fraction of sp³-hybridized carbons (Fsp3) is 0.574. The van der Waals surface area contributed by atoms with E-state index in [1.54, 1.807) is 55.5 Å². The number of amides is 4. The molecule has 2 aliphatic carbocycles. The number of benzene rings is 2. The molecule has 7 atom stereocenters. The molecule has 3 heterocycles. The van der Waals surface area contributed by atoms with Crippen LogP contribution in [0, 0.1) is 17.8 Å². The van der Waals surface area contributed by atoms with E-state index in [0.717, 1.165) is 0 Å². The molecule has 20 heteroatoms. The summed E-state index contributed by atoms with van der Waals surface area (Å²) in [7, 11) is -2.61. The highest BCUT2D eigenvalue weighted by molar-refractivity contribution is 7.91. The lowest BCUT2D eigenvalue weighted by Crippen LogP contribution is -2.59. The number of alkyl halides is 3. The second-order valence-corrected chi connectivity index (χ2v) is 21.6. The van der Waals surface area contributed by atoms with Crippen LogP contribution in [0.5, 0.6) is 17.4 Å². The molecule has 0 bridgehead atoms. The maximum absolute atomic E-state index is 15.0. The normalized spacial score (nSPS) is 26.6. The van der Waals surface area contributed by atoms with Gasteiger partial charge in [0.2, 0.25) is 33.3 Å². The molecule has 67 heavy (non-hydrogen) atoms. The van der Waals surface area contributed by atoms with E-state index in [0.29, 0.717) is 73.9 Å². The molecule has 3 aromatic rings. The molecule has 0 radical (unpaired) electrons. The molecular formula is C47H59F3N6O10S. The van der Waals surface area contributed by atoms with Crippen LogP contribution in [0.3, 0.4) is 0 Å². The minimum atomic E-state index is -4.94. The number of carbonyl (C=O) groups excluding carboxylic acids is 4. The third-order valence-corrected chi connectivity index (χ3v) is 15.3. The standard InChI is InChI=1S/C47H59F3N6O10S/c1-26(2)64-31-15-13-29(14-16-31)38-51-35-22-32(63-8)17-18-34(35)40(53-38)65-33-23-36-39(57)54-46(42(59)55-67(61,62)45(7)19-20-45)24-30(46)12-10-9-11-27(3)21-28(4)37(41(58)56(36)25-33)52-43(60)66-44(5,6)47(48,49)50/h10,12-18,22,26-28,30,33,36-37H,9,11,19-21,23-25H2,1-8H3,(H,52,60)(H,54,57)(H,55,59)/t27-,28+,30+,33+,36-,37-,46+/m0/s1. The van der Waals surface area contributed by atoms with Gasteiger partial charge in [-0.3, -0.25) is 19.1 Å². The number of sulfonamides is 1. The topological polar surface area (TPSA) is 204 Å². The van der Waals surface area contributed by atoms with Crippen LogP contribution in [0.1, 0.15) is 93.4 Å². The average Bonchev–Trinajstić information content (AvgIpc) is 4.13. The van der Waals surface area contributed by atoms with E-state index in [-0.39, 0.29) is 43.1 Å². The minimum Gasteiger partial charge on any atom is -0.497 e. The fourth-order valence-electron chi connectivity index (χ4n) is 8.58. The van der Waals surface area contributed by atoms with E-state index in [1.165, 1.54) is 18.9 Å². The van der Waals surface area contributed by atoms with Crippen LogP contribution in [-0.2, 0) is 29.1 Å². The van der Waals surface area contributed by atoms with Gasteiger partial charge >= 0.3 is 12.3 Å². The Kier molecular flexibility index (Phi) is 13.6. The van der Waals surface area contributed by atoms with Gasteiger partial charge in [0.1, 0.15) is 35.2 Å². The van der Waals surface area contributed by atoms with Gasteiger partial charge < -0.3 is 34.5 Å². The number of nitrogens with one attached hydrogen (secondary N) is 3. The highest BCUT2D eigenvalue weighted by atomic mass is 32.2. The predicted octanol–water partition coefficient (Wildman–Crippen LogP) is 6.76.